The zero-order valence-electron chi connectivity index (χ0n) is 11.1. The molecule has 0 aliphatic carbocycles. The van der Waals surface area contributed by atoms with Gasteiger partial charge in [0.05, 0.1) is 3.79 Å². The molecule has 0 spiro atoms. The van der Waals surface area contributed by atoms with E-state index < -0.39 is 10.0 Å². The molecule has 0 unspecified atom stereocenters. The minimum absolute atomic E-state index is 0.147. The number of carbonyl (C=O) groups excluding carboxylic acids is 1. The highest BCUT2D eigenvalue weighted by Gasteiger charge is 2.15. The second-order valence-corrected chi connectivity index (χ2v) is 8.72. The molecular weight excluding hydrogens is 376 g/mol. The summed E-state index contributed by atoms with van der Waals surface area (Å²) in [7, 11) is -3.50. The van der Waals surface area contributed by atoms with E-state index in [1.165, 1.54) is 6.92 Å². The lowest BCUT2D eigenvalue weighted by atomic mass is 10.2. The highest BCUT2D eigenvalue weighted by atomic mass is 79.9. The first-order valence-corrected chi connectivity index (χ1v) is 9.07. The van der Waals surface area contributed by atoms with E-state index in [0.29, 0.717) is 5.69 Å². The van der Waals surface area contributed by atoms with Crippen molar-refractivity contribution in [1.82, 2.24) is 4.72 Å². The van der Waals surface area contributed by atoms with Crippen LogP contribution in [0.15, 0.2) is 44.4 Å². The Morgan fingerprint density at radius 2 is 1.86 bits per heavy atom. The fourth-order valence-electron chi connectivity index (χ4n) is 1.60. The normalized spacial score (nSPS) is 11.3. The highest BCUT2D eigenvalue weighted by Crippen LogP contribution is 2.25. The van der Waals surface area contributed by atoms with Gasteiger partial charge in [-0.25, -0.2) is 13.1 Å². The smallest absolute Gasteiger partial charge is 0.250 e. The summed E-state index contributed by atoms with van der Waals surface area (Å²) in [6.45, 7) is 1.62. The third-order valence-corrected chi connectivity index (χ3v) is 6.07. The molecule has 0 aliphatic rings. The standard InChI is InChI=1S/C13H13BrN2O3S2/c1-9(17)16-11-4-2-10(3-5-11)8-15-21(18,19)13-7-6-12(14)20-13/h2-7,15H,8H2,1H3,(H,16,17). The molecule has 1 aromatic carbocycles. The molecule has 1 heterocycles. The van der Waals surface area contributed by atoms with Crippen LogP contribution in [-0.2, 0) is 21.4 Å². The van der Waals surface area contributed by atoms with Crippen molar-refractivity contribution in [1.29, 1.82) is 0 Å². The molecule has 5 nitrogen and oxygen atoms in total. The lowest BCUT2D eigenvalue weighted by Crippen LogP contribution is -2.22. The molecule has 2 aromatic rings. The zero-order chi connectivity index (χ0) is 15.5. The van der Waals surface area contributed by atoms with E-state index >= 15 is 0 Å². The van der Waals surface area contributed by atoms with Gasteiger partial charge < -0.3 is 5.32 Å². The number of rotatable bonds is 5. The molecule has 21 heavy (non-hydrogen) atoms. The van der Waals surface area contributed by atoms with Crippen LogP contribution in [0.3, 0.4) is 0 Å². The van der Waals surface area contributed by atoms with Gasteiger partial charge in [0.25, 0.3) is 0 Å². The molecule has 1 amide bonds. The van der Waals surface area contributed by atoms with Crippen molar-refractivity contribution in [2.24, 2.45) is 0 Å². The summed E-state index contributed by atoms with van der Waals surface area (Å²) in [6.07, 6.45) is 0. The van der Waals surface area contributed by atoms with E-state index in [1.807, 2.05) is 0 Å². The molecule has 0 saturated heterocycles. The molecule has 0 saturated carbocycles. The number of halogens is 1. The van der Waals surface area contributed by atoms with Crippen molar-refractivity contribution in [3.8, 4) is 0 Å². The Balaban J connectivity index is 2.01. The van der Waals surface area contributed by atoms with Gasteiger partial charge in [-0.2, -0.15) is 0 Å². The summed E-state index contributed by atoms with van der Waals surface area (Å²) >= 11 is 4.40. The number of carbonyl (C=O) groups is 1. The predicted molar refractivity (Wildman–Crippen MR) is 86.8 cm³/mol. The number of hydrogen-bond acceptors (Lipinski definition) is 4. The number of amides is 1. The summed E-state index contributed by atoms with van der Waals surface area (Å²) < 4.78 is 27.7. The summed E-state index contributed by atoms with van der Waals surface area (Å²) in [4.78, 5) is 10.9. The Kier molecular flexibility index (Phi) is 5.15. The van der Waals surface area contributed by atoms with E-state index in [0.717, 1.165) is 20.7 Å². The molecular formula is C13H13BrN2O3S2. The first-order valence-electron chi connectivity index (χ1n) is 5.98. The molecule has 0 radical (unpaired) electrons. The van der Waals surface area contributed by atoms with Crippen LogP contribution in [0.1, 0.15) is 12.5 Å². The SMILES string of the molecule is CC(=O)Nc1ccc(CNS(=O)(=O)c2ccc(Br)s2)cc1. The maximum Gasteiger partial charge on any atom is 0.250 e. The Morgan fingerprint density at radius 1 is 1.19 bits per heavy atom. The minimum Gasteiger partial charge on any atom is -0.326 e. The first kappa shape index (κ1) is 16.2. The number of hydrogen-bond donors (Lipinski definition) is 2. The number of thiophene rings is 1. The largest absolute Gasteiger partial charge is 0.326 e. The fourth-order valence-corrected chi connectivity index (χ4v) is 4.67. The van der Waals surface area contributed by atoms with Gasteiger partial charge >= 0.3 is 0 Å². The van der Waals surface area contributed by atoms with Gasteiger partial charge in [-0.1, -0.05) is 12.1 Å². The Labute approximate surface area is 135 Å². The molecule has 2 rings (SSSR count). The van der Waals surface area contributed by atoms with Gasteiger partial charge in [0.15, 0.2) is 0 Å². The van der Waals surface area contributed by atoms with Crippen molar-refractivity contribution >= 4 is 48.9 Å². The number of nitrogens with one attached hydrogen (secondary N) is 2. The quantitative estimate of drug-likeness (QED) is 0.826. The second-order valence-electron chi connectivity index (χ2n) is 4.26. The van der Waals surface area contributed by atoms with Crippen molar-refractivity contribution in [2.45, 2.75) is 17.7 Å². The number of anilines is 1. The van der Waals surface area contributed by atoms with Crippen LogP contribution >= 0.6 is 27.3 Å². The van der Waals surface area contributed by atoms with Crippen LogP contribution in [-0.4, -0.2) is 14.3 Å². The van der Waals surface area contributed by atoms with E-state index in [9.17, 15) is 13.2 Å². The maximum absolute atomic E-state index is 12.1. The molecule has 0 fully saturated rings. The summed E-state index contributed by atoms with van der Waals surface area (Å²) in [5.41, 5.74) is 1.49. The summed E-state index contributed by atoms with van der Waals surface area (Å²) in [5, 5.41) is 2.65. The maximum atomic E-state index is 12.1. The first-order chi connectivity index (χ1) is 9.87. The van der Waals surface area contributed by atoms with Crippen molar-refractivity contribution in [3.05, 3.63) is 45.7 Å². The van der Waals surface area contributed by atoms with E-state index in [1.54, 1.807) is 36.4 Å². The second kappa shape index (κ2) is 6.69. The average Bonchev–Trinajstić information content (AvgIpc) is 2.85. The van der Waals surface area contributed by atoms with Gasteiger partial charge in [0.1, 0.15) is 4.21 Å². The Bertz CT molecular complexity index is 739. The van der Waals surface area contributed by atoms with Crippen LogP contribution in [0.5, 0.6) is 0 Å². The number of sulfonamides is 1. The monoisotopic (exact) mass is 388 g/mol. The third-order valence-electron chi connectivity index (χ3n) is 2.55. The van der Waals surface area contributed by atoms with Crippen LogP contribution in [0, 0.1) is 0 Å². The molecule has 112 valence electrons. The Hall–Kier alpha value is -1.22. The van der Waals surface area contributed by atoms with Crippen molar-refractivity contribution < 1.29 is 13.2 Å². The average molecular weight is 389 g/mol. The van der Waals surface area contributed by atoms with E-state index in [-0.39, 0.29) is 16.7 Å². The molecule has 2 N–H and O–H groups in total. The highest BCUT2D eigenvalue weighted by molar-refractivity contribution is 9.11. The van der Waals surface area contributed by atoms with Gasteiger partial charge in [-0.3, -0.25) is 4.79 Å². The molecule has 0 bridgehead atoms. The fraction of sp³-hybridized carbons (Fsp3) is 0.154. The zero-order valence-corrected chi connectivity index (χ0v) is 14.3. The van der Waals surface area contributed by atoms with Crippen LogP contribution in [0.4, 0.5) is 5.69 Å². The van der Waals surface area contributed by atoms with Crippen LogP contribution in [0.25, 0.3) is 0 Å². The lowest BCUT2D eigenvalue weighted by molar-refractivity contribution is -0.114. The van der Waals surface area contributed by atoms with E-state index in [2.05, 4.69) is 26.0 Å². The van der Waals surface area contributed by atoms with Crippen LogP contribution in [0.2, 0.25) is 0 Å². The lowest BCUT2D eigenvalue weighted by Gasteiger charge is -2.06. The molecule has 0 atom stereocenters. The van der Waals surface area contributed by atoms with Gasteiger partial charge in [-0.15, -0.1) is 11.3 Å². The van der Waals surface area contributed by atoms with E-state index in [4.69, 9.17) is 0 Å². The third kappa shape index (κ3) is 4.63. The molecule has 8 heteroatoms. The van der Waals surface area contributed by atoms with Crippen molar-refractivity contribution in [2.75, 3.05) is 5.32 Å². The Morgan fingerprint density at radius 3 is 2.38 bits per heavy atom. The van der Waals surface area contributed by atoms with Gasteiger partial charge in [0.2, 0.25) is 15.9 Å². The number of benzene rings is 1. The molecule has 1 aromatic heterocycles. The van der Waals surface area contributed by atoms with Crippen LogP contribution < -0.4 is 10.0 Å². The van der Waals surface area contributed by atoms with Crippen molar-refractivity contribution in [3.63, 3.8) is 0 Å². The minimum atomic E-state index is -3.50. The molecule has 0 aliphatic heterocycles. The summed E-state index contributed by atoms with van der Waals surface area (Å²) in [5.74, 6) is -0.147. The van der Waals surface area contributed by atoms with Gasteiger partial charge in [-0.05, 0) is 45.8 Å². The summed E-state index contributed by atoms with van der Waals surface area (Å²) in [6, 6.07) is 10.2. The van der Waals surface area contributed by atoms with Gasteiger partial charge in [0, 0.05) is 19.2 Å². The predicted octanol–water partition coefficient (Wildman–Crippen LogP) is 2.95. The topological polar surface area (TPSA) is 75.3 Å².